The molecule has 0 N–H and O–H groups in total. The van der Waals surface area contributed by atoms with Crippen molar-refractivity contribution >= 4 is 19.4 Å². The molecule has 1 aliphatic rings. The summed E-state index contributed by atoms with van der Waals surface area (Å²) in [7, 11) is 0. The summed E-state index contributed by atoms with van der Waals surface area (Å²) in [6.07, 6.45) is 6.20. The first-order valence-electron chi connectivity index (χ1n) is 5.84. The third kappa shape index (κ3) is 3.21. The van der Waals surface area contributed by atoms with E-state index >= 15 is 0 Å². The third-order valence-corrected chi connectivity index (χ3v) is 5.76. The van der Waals surface area contributed by atoms with Crippen molar-refractivity contribution in [3.05, 3.63) is 43.0 Å². The topological polar surface area (TPSA) is 9.23 Å². The van der Waals surface area contributed by atoms with E-state index in [0.29, 0.717) is 27.7 Å². The molecule has 0 spiro atoms. The number of rotatable bonds is 5. The predicted octanol–water partition coefficient (Wildman–Crippen LogP) is 2.56. The molecule has 1 fully saturated rings. The van der Waals surface area contributed by atoms with Crippen molar-refractivity contribution < 1.29 is 4.74 Å². The van der Waals surface area contributed by atoms with Gasteiger partial charge in [-0.1, -0.05) is 0 Å². The molecule has 86 valence electrons. The van der Waals surface area contributed by atoms with Gasteiger partial charge in [0.1, 0.15) is 0 Å². The number of ether oxygens (including phenoxy) is 1. The van der Waals surface area contributed by atoms with Gasteiger partial charge < -0.3 is 0 Å². The van der Waals surface area contributed by atoms with E-state index in [1.54, 1.807) is 0 Å². The fraction of sp³-hybridized carbons (Fsp3) is 0.429. The van der Waals surface area contributed by atoms with Crippen LogP contribution in [0.5, 0.6) is 0 Å². The zero-order valence-electron chi connectivity index (χ0n) is 9.47. The van der Waals surface area contributed by atoms with Crippen LogP contribution < -0.4 is 4.46 Å². The molecule has 0 aliphatic heterocycles. The van der Waals surface area contributed by atoms with E-state index in [4.69, 9.17) is 4.74 Å². The van der Waals surface area contributed by atoms with Gasteiger partial charge >= 0.3 is 104 Å². The van der Waals surface area contributed by atoms with E-state index in [0.717, 1.165) is 4.82 Å². The number of hydrogen-bond donors (Lipinski definition) is 0. The van der Waals surface area contributed by atoms with Gasteiger partial charge in [-0.2, -0.15) is 0 Å². The molecule has 2 heteroatoms. The van der Waals surface area contributed by atoms with Crippen LogP contribution in [0.1, 0.15) is 19.3 Å². The summed E-state index contributed by atoms with van der Waals surface area (Å²) in [6, 6.07) is 10.8. The average molecular weight is 281 g/mol. The zero-order valence-corrected chi connectivity index (χ0v) is 11.2. The van der Waals surface area contributed by atoms with E-state index < -0.39 is 0 Å². The van der Waals surface area contributed by atoms with Crippen molar-refractivity contribution in [1.29, 1.82) is 0 Å². The molecule has 16 heavy (non-hydrogen) atoms. The molecule has 1 aromatic carbocycles. The van der Waals surface area contributed by atoms with Gasteiger partial charge in [-0.25, -0.2) is 0 Å². The summed E-state index contributed by atoms with van der Waals surface area (Å²) in [5, 5.41) is 0. The Morgan fingerprint density at radius 1 is 1.31 bits per heavy atom. The second kappa shape index (κ2) is 6.24. The summed E-state index contributed by atoms with van der Waals surface area (Å²) in [5.74, 6) is 0. The average Bonchev–Trinajstić information content (AvgIpc) is 2.75. The van der Waals surface area contributed by atoms with Gasteiger partial charge in [-0.3, -0.25) is 0 Å². The van der Waals surface area contributed by atoms with Gasteiger partial charge in [0.25, 0.3) is 0 Å². The third-order valence-electron chi connectivity index (χ3n) is 2.85. The van der Waals surface area contributed by atoms with Crippen LogP contribution in [0.4, 0.5) is 0 Å². The Bertz CT molecular complexity index is 323. The second-order valence-corrected chi connectivity index (χ2v) is 6.81. The first-order chi connectivity index (χ1) is 7.90. The fourth-order valence-electron chi connectivity index (χ4n) is 2.08. The van der Waals surface area contributed by atoms with Crippen molar-refractivity contribution in [2.24, 2.45) is 0 Å². The monoisotopic (exact) mass is 282 g/mol. The zero-order chi connectivity index (χ0) is 11.2. The van der Waals surface area contributed by atoms with E-state index in [1.807, 2.05) is 6.08 Å². The Labute approximate surface area is 104 Å². The maximum atomic E-state index is 5.83. The van der Waals surface area contributed by atoms with Crippen LogP contribution in [-0.4, -0.2) is 27.7 Å². The van der Waals surface area contributed by atoms with E-state index in [-0.39, 0.29) is 0 Å². The van der Waals surface area contributed by atoms with Crippen molar-refractivity contribution in [3.8, 4) is 0 Å². The summed E-state index contributed by atoms with van der Waals surface area (Å²) in [6.45, 7) is 4.41. The van der Waals surface area contributed by atoms with Crippen LogP contribution in [0.15, 0.2) is 43.0 Å². The van der Waals surface area contributed by atoms with Gasteiger partial charge in [0, 0.05) is 0 Å². The molecule has 1 nitrogen and oxygen atoms in total. The maximum absolute atomic E-state index is 5.83. The van der Waals surface area contributed by atoms with Crippen LogP contribution >= 0.6 is 0 Å². The van der Waals surface area contributed by atoms with Crippen molar-refractivity contribution in [3.63, 3.8) is 0 Å². The SMILES string of the molecule is C=CCOC1CCCC1[Se]c1ccccc1. The molecule has 0 heterocycles. The van der Waals surface area contributed by atoms with Crippen molar-refractivity contribution in [2.45, 2.75) is 30.2 Å². The number of hydrogen-bond acceptors (Lipinski definition) is 1. The first-order valence-corrected chi connectivity index (χ1v) is 7.69. The normalized spacial score (nSPS) is 24.5. The molecule has 1 saturated carbocycles. The summed E-state index contributed by atoms with van der Waals surface area (Å²) in [4.78, 5) is 0.759. The Morgan fingerprint density at radius 2 is 2.12 bits per heavy atom. The van der Waals surface area contributed by atoms with Crippen LogP contribution in [0.2, 0.25) is 4.82 Å². The molecule has 2 unspecified atom stereocenters. The Hall–Kier alpha value is -0.561. The van der Waals surface area contributed by atoms with Crippen LogP contribution in [0.25, 0.3) is 0 Å². The molecule has 0 aromatic heterocycles. The first kappa shape index (κ1) is 11.9. The Balaban J connectivity index is 1.90. The van der Waals surface area contributed by atoms with Crippen molar-refractivity contribution in [2.75, 3.05) is 6.61 Å². The molecule has 2 atom stereocenters. The van der Waals surface area contributed by atoms with Crippen LogP contribution in [0.3, 0.4) is 0 Å². The molecule has 1 aromatic rings. The van der Waals surface area contributed by atoms with E-state index in [1.165, 1.54) is 23.7 Å². The molecular formula is C14H18OSe. The molecule has 0 bridgehead atoms. The molecule has 0 amide bonds. The molecule has 2 rings (SSSR count). The minimum atomic E-state index is 0.471. The van der Waals surface area contributed by atoms with Gasteiger partial charge in [0.2, 0.25) is 0 Å². The second-order valence-electron chi connectivity index (χ2n) is 4.06. The van der Waals surface area contributed by atoms with Crippen LogP contribution in [-0.2, 0) is 4.74 Å². The summed E-state index contributed by atoms with van der Waals surface area (Å²) in [5.41, 5.74) is 0. The summed E-state index contributed by atoms with van der Waals surface area (Å²) < 4.78 is 7.33. The Morgan fingerprint density at radius 3 is 2.88 bits per heavy atom. The van der Waals surface area contributed by atoms with E-state index in [9.17, 15) is 0 Å². The van der Waals surface area contributed by atoms with Crippen LogP contribution in [0, 0.1) is 0 Å². The minimum absolute atomic E-state index is 0.471. The molecule has 1 aliphatic carbocycles. The van der Waals surface area contributed by atoms with Crippen molar-refractivity contribution in [1.82, 2.24) is 0 Å². The predicted molar refractivity (Wildman–Crippen MR) is 69.4 cm³/mol. The summed E-state index contributed by atoms with van der Waals surface area (Å²) >= 11 is 0.559. The quantitative estimate of drug-likeness (QED) is 0.595. The molecular weight excluding hydrogens is 263 g/mol. The van der Waals surface area contributed by atoms with Gasteiger partial charge in [-0.05, 0) is 0 Å². The van der Waals surface area contributed by atoms with E-state index in [2.05, 4.69) is 36.9 Å². The standard InChI is InChI=1S/C14H18OSe/c1-2-11-15-13-9-6-10-14(13)16-12-7-4-3-5-8-12/h2-5,7-8,13-14H,1,6,9-11H2. The fourth-order valence-corrected chi connectivity index (χ4v) is 4.84. The van der Waals surface area contributed by atoms with Gasteiger partial charge in [-0.15, -0.1) is 0 Å². The number of benzene rings is 1. The van der Waals surface area contributed by atoms with Gasteiger partial charge in [0.15, 0.2) is 0 Å². The Kier molecular flexibility index (Phi) is 4.65. The van der Waals surface area contributed by atoms with Gasteiger partial charge in [0.05, 0.1) is 0 Å². The molecule has 0 radical (unpaired) electrons. The molecule has 0 saturated heterocycles.